The molecule has 0 bridgehead atoms. The first kappa shape index (κ1) is 13.8. The lowest BCUT2D eigenvalue weighted by atomic mass is 10.0. The van der Waals surface area contributed by atoms with Crippen molar-refractivity contribution in [2.45, 2.75) is 6.92 Å². The van der Waals surface area contributed by atoms with Crippen LogP contribution in [0.3, 0.4) is 0 Å². The lowest BCUT2D eigenvalue weighted by Gasteiger charge is -2.12. The molecule has 104 valence electrons. The Labute approximate surface area is 131 Å². The summed E-state index contributed by atoms with van der Waals surface area (Å²) in [5, 5.41) is 14.1. The summed E-state index contributed by atoms with van der Waals surface area (Å²) in [5.74, 6) is -0.0133. The minimum absolute atomic E-state index is 0.0133. The minimum Gasteiger partial charge on any atom is -0.872 e. The van der Waals surface area contributed by atoms with Crippen LogP contribution in [0, 0.1) is 6.92 Å². The van der Waals surface area contributed by atoms with Crippen molar-refractivity contribution >= 4 is 38.6 Å². The predicted octanol–water partition coefficient (Wildman–Crippen LogP) is 4.73. The number of hydrogen-bond acceptors (Lipinski definition) is 2. The number of nitrogens with zero attached hydrogens (tertiary/aromatic N) is 1. The number of rotatable bonds is 2. The summed E-state index contributed by atoms with van der Waals surface area (Å²) in [6, 6.07) is 17.2. The van der Waals surface area contributed by atoms with E-state index in [1.165, 1.54) is 0 Å². The molecule has 0 saturated heterocycles. The van der Waals surface area contributed by atoms with E-state index in [0.29, 0.717) is 5.56 Å². The van der Waals surface area contributed by atoms with E-state index in [-0.39, 0.29) is 5.75 Å². The minimum atomic E-state index is -0.0133. The van der Waals surface area contributed by atoms with Gasteiger partial charge < -0.3 is 5.11 Å². The second-order valence-corrected chi connectivity index (χ2v) is 5.77. The van der Waals surface area contributed by atoms with Crippen LogP contribution in [-0.4, -0.2) is 6.21 Å². The Hall–Kier alpha value is -2.13. The molecule has 0 radical (unpaired) electrons. The molecule has 0 spiro atoms. The smallest absolute Gasteiger partial charge is 0.0772 e. The Morgan fingerprint density at radius 2 is 1.86 bits per heavy atom. The zero-order chi connectivity index (χ0) is 14.8. The van der Waals surface area contributed by atoms with Gasteiger partial charge in [0.2, 0.25) is 0 Å². The molecule has 0 heterocycles. The SMILES string of the molecule is Cc1ccc(N=Cc2c([O-])ccc3ccccc23)c(Br)c1. The largest absolute Gasteiger partial charge is 0.872 e. The molecule has 0 aromatic heterocycles. The molecule has 0 unspecified atom stereocenters. The molecule has 3 aromatic rings. The van der Waals surface area contributed by atoms with Gasteiger partial charge in [0.15, 0.2) is 0 Å². The Morgan fingerprint density at radius 1 is 1.05 bits per heavy atom. The lowest BCUT2D eigenvalue weighted by Crippen LogP contribution is -1.97. The standard InChI is InChI=1S/C18H14BrNO/c1-12-6-8-17(16(19)10-12)20-11-15-14-5-3-2-4-13(14)7-9-18(15)21/h2-11,21H,1H3/p-1. The van der Waals surface area contributed by atoms with Gasteiger partial charge in [-0.15, -0.1) is 0 Å². The van der Waals surface area contributed by atoms with Crippen molar-refractivity contribution in [2.24, 2.45) is 4.99 Å². The molecular formula is C18H13BrNO-. The molecule has 2 nitrogen and oxygen atoms in total. The van der Waals surface area contributed by atoms with Gasteiger partial charge in [0.05, 0.1) is 5.69 Å². The molecule has 21 heavy (non-hydrogen) atoms. The van der Waals surface area contributed by atoms with Gasteiger partial charge in [0.25, 0.3) is 0 Å². The topological polar surface area (TPSA) is 35.4 Å². The van der Waals surface area contributed by atoms with Crippen LogP contribution in [0.4, 0.5) is 5.69 Å². The fourth-order valence-corrected chi connectivity index (χ4v) is 2.86. The number of aryl methyl sites for hydroxylation is 1. The van der Waals surface area contributed by atoms with Gasteiger partial charge in [-0.1, -0.05) is 48.2 Å². The second kappa shape index (κ2) is 5.70. The van der Waals surface area contributed by atoms with E-state index in [2.05, 4.69) is 20.9 Å². The molecule has 0 fully saturated rings. The van der Waals surface area contributed by atoms with Crippen LogP contribution in [0.2, 0.25) is 0 Å². The summed E-state index contributed by atoms with van der Waals surface area (Å²) < 4.78 is 0.923. The van der Waals surface area contributed by atoms with E-state index in [1.807, 2.05) is 55.5 Å². The van der Waals surface area contributed by atoms with Gasteiger partial charge in [-0.2, -0.15) is 0 Å². The number of benzene rings is 3. The summed E-state index contributed by atoms with van der Waals surface area (Å²) in [5.41, 5.74) is 2.60. The van der Waals surface area contributed by atoms with Crippen molar-refractivity contribution in [1.29, 1.82) is 0 Å². The molecule has 0 amide bonds. The quantitative estimate of drug-likeness (QED) is 0.622. The molecule has 3 rings (SSSR count). The predicted molar refractivity (Wildman–Crippen MR) is 89.5 cm³/mol. The molecule has 3 heteroatoms. The fraction of sp³-hybridized carbons (Fsp3) is 0.0556. The van der Waals surface area contributed by atoms with Gasteiger partial charge >= 0.3 is 0 Å². The van der Waals surface area contributed by atoms with Crippen LogP contribution in [-0.2, 0) is 0 Å². The highest BCUT2D eigenvalue weighted by molar-refractivity contribution is 9.10. The normalized spacial score (nSPS) is 11.3. The van der Waals surface area contributed by atoms with Crippen molar-refractivity contribution in [3.8, 4) is 5.75 Å². The Bertz CT molecular complexity index is 840. The van der Waals surface area contributed by atoms with E-state index in [9.17, 15) is 5.11 Å². The van der Waals surface area contributed by atoms with Crippen LogP contribution in [0.5, 0.6) is 5.75 Å². The second-order valence-electron chi connectivity index (χ2n) is 4.91. The maximum atomic E-state index is 12.1. The molecular weight excluding hydrogens is 326 g/mol. The fourth-order valence-electron chi connectivity index (χ4n) is 2.26. The summed E-state index contributed by atoms with van der Waals surface area (Å²) in [6.45, 7) is 2.03. The molecule has 0 saturated carbocycles. The van der Waals surface area contributed by atoms with Gasteiger partial charge in [0.1, 0.15) is 0 Å². The van der Waals surface area contributed by atoms with Crippen LogP contribution < -0.4 is 5.11 Å². The van der Waals surface area contributed by atoms with Gasteiger partial charge in [0, 0.05) is 10.7 Å². The van der Waals surface area contributed by atoms with Crippen molar-refractivity contribution in [1.82, 2.24) is 0 Å². The molecule has 3 aromatic carbocycles. The lowest BCUT2D eigenvalue weighted by molar-refractivity contribution is -0.268. The van der Waals surface area contributed by atoms with Crippen molar-refractivity contribution in [3.63, 3.8) is 0 Å². The van der Waals surface area contributed by atoms with E-state index in [4.69, 9.17) is 0 Å². The summed E-state index contributed by atoms with van der Waals surface area (Å²) >= 11 is 3.50. The van der Waals surface area contributed by atoms with Crippen LogP contribution >= 0.6 is 15.9 Å². The summed E-state index contributed by atoms with van der Waals surface area (Å²) in [7, 11) is 0. The maximum absolute atomic E-state index is 12.1. The number of fused-ring (bicyclic) bond motifs is 1. The van der Waals surface area contributed by atoms with Gasteiger partial charge in [-0.3, -0.25) is 4.99 Å². The van der Waals surface area contributed by atoms with Crippen LogP contribution in [0.1, 0.15) is 11.1 Å². The first-order chi connectivity index (χ1) is 10.1. The van der Waals surface area contributed by atoms with Crippen molar-refractivity contribution < 1.29 is 5.11 Å². The monoisotopic (exact) mass is 338 g/mol. The van der Waals surface area contributed by atoms with Crippen molar-refractivity contribution in [3.05, 3.63) is 70.2 Å². The Balaban J connectivity index is 2.09. The number of aliphatic imine (C=N–C) groups is 1. The Kier molecular flexibility index (Phi) is 3.76. The van der Waals surface area contributed by atoms with Crippen LogP contribution in [0.15, 0.2) is 64.1 Å². The summed E-state index contributed by atoms with van der Waals surface area (Å²) in [4.78, 5) is 4.46. The molecule has 0 aliphatic heterocycles. The third-order valence-electron chi connectivity index (χ3n) is 3.37. The third kappa shape index (κ3) is 2.83. The number of halogens is 1. The highest BCUT2D eigenvalue weighted by Gasteiger charge is 2.01. The average Bonchev–Trinajstić information content (AvgIpc) is 2.48. The first-order valence-electron chi connectivity index (χ1n) is 6.64. The number of hydrogen-bond donors (Lipinski definition) is 0. The zero-order valence-electron chi connectivity index (χ0n) is 11.5. The average molecular weight is 339 g/mol. The Morgan fingerprint density at radius 3 is 2.67 bits per heavy atom. The van der Waals surface area contributed by atoms with E-state index < -0.39 is 0 Å². The highest BCUT2D eigenvalue weighted by atomic mass is 79.9. The molecule has 0 aliphatic rings. The van der Waals surface area contributed by atoms with Gasteiger partial charge in [-0.25, -0.2) is 0 Å². The van der Waals surface area contributed by atoms with Gasteiger partial charge in [-0.05, 0) is 56.9 Å². The van der Waals surface area contributed by atoms with Crippen molar-refractivity contribution in [2.75, 3.05) is 0 Å². The maximum Gasteiger partial charge on any atom is 0.0772 e. The first-order valence-corrected chi connectivity index (χ1v) is 7.43. The summed E-state index contributed by atoms with van der Waals surface area (Å²) in [6.07, 6.45) is 1.65. The van der Waals surface area contributed by atoms with E-state index in [0.717, 1.165) is 26.5 Å². The highest BCUT2D eigenvalue weighted by Crippen LogP contribution is 2.28. The molecule has 0 atom stereocenters. The van der Waals surface area contributed by atoms with E-state index in [1.54, 1.807) is 12.3 Å². The zero-order valence-corrected chi connectivity index (χ0v) is 13.1. The molecule has 0 aliphatic carbocycles. The van der Waals surface area contributed by atoms with E-state index >= 15 is 0 Å². The van der Waals surface area contributed by atoms with Crippen LogP contribution in [0.25, 0.3) is 10.8 Å². The molecule has 0 N–H and O–H groups in total. The third-order valence-corrected chi connectivity index (χ3v) is 4.00.